The van der Waals surface area contributed by atoms with Crippen molar-refractivity contribution in [2.75, 3.05) is 0 Å². The van der Waals surface area contributed by atoms with Crippen LogP contribution in [0.4, 0.5) is 4.39 Å². The van der Waals surface area contributed by atoms with Crippen LogP contribution in [0.1, 0.15) is 75.8 Å². The number of aliphatic hydroxyl groups is 3. The van der Waals surface area contributed by atoms with Gasteiger partial charge in [0.25, 0.3) is 0 Å². The van der Waals surface area contributed by atoms with Gasteiger partial charge in [-0.1, -0.05) is 37.2 Å². The summed E-state index contributed by atoms with van der Waals surface area (Å²) in [4.78, 5) is 11.0. The number of ketones is 1. The lowest BCUT2D eigenvalue weighted by molar-refractivity contribution is -0.117. The van der Waals surface area contributed by atoms with Crippen molar-refractivity contribution in [3.8, 4) is 11.8 Å². The van der Waals surface area contributed by atoms with Gasteiger partial charge in [-0.3, -0.25) is 0 Å². The second-order valence-electron chi connectivity index (χ2n) is 8.70. The quantitative estimate of drug-likeness (QED) is 0.398. The third-order valence-corrected chi connectivity index (χ3v) is 6.11. The molecule has 0 radical (unpaired) electrons. The second-order valence-corrected chi connectivity index (χ2v) is 8.70. The molecular formula is C25H35FO4. The van der Waals surface area contributed by atoms with Gasteiger partial charge < -0.3 is 20.1 Å². The number of halogens is 1. The van der Waals surface area contributed by atoms with Crippen LogP contribution in [-0.4, -0.2) is 39.4 Å². The first-order chi connectivity index (χ1) is 14.3. The smallest absolute Gasteiger partial charge is 0.139 e. The lowest BCUT2D eigenvalue weighted by Crippen LogP contribution is -2.23. The molecule has 1 aromatic carbocycles. The Kier molecular flexibility index (Phi) is 9.97. The van der Waals surface area contributed by atoms with Crippen LogP contribution >= 0.6 is 0 Å². The van der Waals surface area contributed by atoms with E-state index in [1.807, 2.05) is 0 Å². The number of Topliss-reactive ketones (excluding diaryl/α,β-unsaturated/α-hetero) is 1. The largest absolute Gasteiger partial charge is 0.393 e. The van der Waals surface area contributed by atoms with Crippen molar-refractivity contribution < 1.29 is 24.5 Å². The van der Waals surface area contributed by atoms with Crippen LogP contribution in [0.3, 0.4) is 0 Å². The molecule has 166 valence electrons. The van der Waals surface area contributed by atoms with Gasteiger partial charge in [0.2, 0.25) is 0 Å². The van der Waals surface area contributed by atoms with Gasteiger partial charge in [0, 0.05) is 6.42 Å². The number of benzene rings is 1. The van der Waals surface area contributed by atoms with Crippen molar-refractivity contribution in [3.05, 3.63) is 35.1 Å². The highest BCUT2D eigenvalue weighted by atomic mass is 19.1. The number of aryl methyl sites for hydroxylation is 1. The van der Waals surface area contributed by atoms with Gasteiger partial charge in [-0.25, -0.2) is 4.39 Å². The molecule has 0 aliphatic heterocycles. The number of rotatable bonds is 10. The van der Waals surface area contributed by atoms with E-state index in [9.17, 15) is 24.5 Å². The summed E-state index contributed by atoms with van der Waals surface area (Å²) in [6.45, 7) is 3.41. The summed E-state index contributed by atoms with van der Waals surface area (Å²) in [5.74, 6) is 5.16. The highest BCUT2D eigenvalue weighted by Gasteiger charge is 2.40. The fraction of sp³-hybridized carbons (Fsp3) is 0.640. The molecule has 1 aliphatic rings. The first-order valence-corrected chi connectivity index (χ1v) is 11.1. The Bertz CT molecular complexity index is 751. The first kappa shape index (κ1) is 24.5. The lowest BCUT2D eigenvalue weighted by Gasteiger charge is -2.24. The van der Waals surface area contributed by atoms with Crippen molar-refractivity contribution in [1.82, 2.24) is 0 Å². The summed E-state index contributed by atoms with van der Waals surface area (Å²) >= 11 is 0. The Hall–Kier alpha value is -1.74. The molecule has 30 heavy (non-hydrogen) atoms. The predicted molar refractivity (Wildman–Crippen MR) is 115 cm³/mol. The molecule has 1 unspecified atom stereocenters. The second kappa shape index (κ2) is 12.2. The molecule has 1 saturated carbocycles. The SMILES string of the molecule is CC(=O)CCCCCC[C@@H]1[C@@H](CCC(O)C#Cc2ccc(C)cc2F)[C@H](O)C[C@@H]1O. The first-order valence-electron chi connectivity index (χ1n) is 11.1. The molecule has 2 rings (SSSR count). The van der Waals surface area contributed by atoms with E-state index >= 15 is 0 Å². The van der Waals surface area contributed by atoms with Crippen LogP contribution in [-0.2, 0) is 4.79 Å². The Morgan fingerprint density at radius 3 is 2.47 bits per heavy atom. The molecule has 0 aromatic heterocycles. The summed E-state index contributed by atoms with van der Waals surface area (Å²) in [6, 6.07) is 4.80. The van der Waals surface area contributed by atoms with Crippen molar-refractivity contribution >= 4 is 5.78 Å². The minimum Gasteiger partial charge on any atom is -0.393 e. The molecule has 0 heterocycles. The molecule has 1 fully saturated rings. The highest BCUT2D eigenvalue weighted by molar-refractivity contribution is 5.75. The summed E-state index contributed by atoms with van der Waals surface area (Å²) in [5.41, 5.74) is 1.08. The number of unbranched alkanes of at least 4 members (excludes halogenated alkanes) is 3. The fourth-order valence-corrected chi connectivity index (χ4v) is 4.39. The number of carbonyl (C=O) groups excluding carboxylic acids is 1. The number of carbonyl (C=O) groups is 1. The van der Waals surface area contributed by atoms with Gasteiger partial charge >= 0.3 is 0 Å². The average Bonchev–Trinajstić information content (AvgIpc) is 2.94. The van der Waals surface area contributed by atoms with E-state index in [2.05, 4.69) is 11.8 Å². The van der Waals surface area contributed by atoms with Gasteiger partial charge in [0.05, 0.1) is 17.8 Å². The summed E-state index contributed by atoms with van der Waals surface area (Å²) in [5, 5.41) is 30.9. The van der Waals surface area contributed by atoms with Crippen molar-refractivity contribution in [1.29, 1.82) is 0 Å². The van der Waals surface area contributed by atoms with Gasteiger partial charge in [0.1, 0.15) is 17.7 Å². The molecule has 3 N–H and O–H groups in total. The standard InChI is InChI=1S/C25H35FO4/c1-17-9-10-19(23(26)15-17)11-12-20(28)13-14-22-21(24(29)16-25(22)30)8-6-4-3-5-7-18(2)27/h9-10,15,20-22,24-25,28-30H,3-8,13-14,16H2,1-2H3/t20?,21-,22-,24+,25-/m1/s1. The predicted octanol–water partition coefficient (Wildman–Crippen LogP) is 3.91. The molecule has 1 aliphatic carbocycles. The molecular weight excluding hydrogens is 383 g/mol. The third kappa shape index (κ3) is 7.83. The maximum atomic E-state index is 13.9. The Morgan fingerprint density at radius 1 is 1.13 bits per heavy atom. The Balaban J connectivity index is 1.81. The van der Waals surface area contributed by atoms with Crippen LogP contribution in [0.5, 0.6) is 0 Å². The minimum absolute atomic E-state index is 0.0162. The molecule has 0 saturated heterocycles. The lowest BCUT2D eigenvalue weighted by atomic mass is 9.85. The molecule has 4 nitrogen and oxygen atoms in total. The average molecular weight is 419 g/mol. The number of aliphatic hydroxyl groups excluding tert-OH is 3. The Labute approximate surface area is 179 Å². The van der Waals surface area contributed by atoms with E-state index in [4.69, 9.17) is 0 Å². The van der Waals surface area contributed by atoms with Crippen LogP contribution < -0.4 is 0 Å². The maximum absolute atomic E-state index is 13.9. The summed E-state index contributed by atoms with van der Waals surface area (Å²) in [7, 11) is 0. The third-order valence-electron chi connectivity index (χ3n) is 6.11. The highest BCUT2D eigenvalue weighted by Crippen LogP contribution is 2.39. The van der Waals surface area contributed by atoms with Gasteiger partial charge in [-0.15, -0.1) is 0 Å². The van der Waals surface area contributed by atoms with Crippen LogP contribution in [0.15, 0.2) is 18.2 Å². The molecule has 0 bridgehead atoms. The van der Waals surface area contributed by atoms with Crippen molar-refractivity contribution in [2.45, 2.75) is 89.9 Å². The van der Waals surface area contributed by atoms with Crippen LogP contribution in [0, 0.1) is 36.4 Å². The zero-order chi connectivity index (χ0) is 22.1. The minimum atomic E-state index is -0.900. The van der Waals surface area contributed by atoms with Crippen molar-refractivity contribution in [3.63, 3.8) is 0 Å². The molecule has 0 spiro atoms. The zero-order valence-electron chi connectivity index (χ0n) is 18.1. The van der Waals surface area contributed by atoms with E-state index < -0.39 is 24.1 Å². The maximum Gasteiger partial charge on any atom is 0.139 e. The molecule has 5 heteroatoms. The molecule has 1 aromatic rings. The topological polar surface area (TPSA) is 77.8 Å². The molecule has 0 amide bonds. The van der Waals surface area contributed by atoms with E-state index in [1.165, 1.54) is 6.07 Å². The normalized spacial score (nSPS) is 24.3. The van der Waals surface area contributed by atoms with Gasteiger partial charge in [-0.05, 0) is 75.5 Å². The van der Waals surface area contributed by atoms with Gasteiger partial charge in [0.15, 0.2) is 0 Å². The number of hydrogen-bond donors (Lipinski definition) is 3. The summed E-state index contributed by atoms with van der Waals surface area (Å²) < 4.78 is 13.9. The van der Waals surface area contributed by atoms with E-state index in [0.29, 0.717) is 25.7 Å². The van der Waals surface area contributed by atoms with E-state index in [1.54, 1.807) is 26.0 Å². The van der Waals surface area contributed by atoms with Crippen LogP contribution in [0.2, 0.25) is 0 Å². The Morgan fingerprint density at radius 2 is 1.80 bits per heavy atom. The van der Waals surface area contributed by atoms with Gasteiger partial charge in [-0.2, -0.15) is 0 Å². The zero-order valence-corrected chi connectivity index (χ0v) is 18.1. The monoisotopic (exact) mass is 418 g/mol. The van der Waals surface area contributed by atoms with E-state index in [0.717, 1.165) is 37.7 Å². The van der Waals surface area contributed by atoms with Crippen molar-refractivity contribution in [2.24, 2.45) is 11.8 Å². The summed E-state index contributed by atoms with van der Waals surface area (Å²) in [6.07, 6.45) is 4.65. The molecule has 5 atom stereocenters. The van der Waals surface area contributed by atoms with E-state index in [-0.39, 0.29) is 23.2 Å². The number of hydrogen-bond acceptors (Lipinski definition) is 4. The fourth-order valence-electron chi connectivity index (χ4n) is 4.39. The van der Waals surface area contributed by atoms with Crippen LogP contribution in [0.25, 0.3) is 0 Å².